The molecule has 0 radical (unpaired) electrons. The number of phenolic OH excluding ortho intramolecular Hbond substituents is 1. The number of rotatable bonds is 12. The zero-order chi connectivity index (χ0) is 26.8. The molecule has 8 nitrogen and oxygen atoms in total. The number of carbonyl (C=O) groups is 3. The molecule has 1 aromatic rings. The van der Waals surface area contributed by atoms with Crippen molar-refractivity contribution in [1.82, 2.24) is 15.5 Å². The van der Waals surface area contributed by atoms with Gasteiger partial charge in [0.05, 0.1) is 0 Å². The molecule has 35 heavy (non-hydrogen) atoms. The van der Waals surface area contributed by atoms with Crippen molar-refractivity contribution in [3.63, 3.8) is 0 Å². The number of alkyl carbamates (subject to hydrolysis) is 1. The van der Waals surface area contributed by atoms with Gasteiger partial charge in [-0.25, -0.2) is 4.79 Å². The molecule has 2 unspecified atom stereocenters. The number of nitrogens with zero attached hydrogens (tertiary/aromatic N) is 1. The summed E-state index contributed by atoms with van der Waals surface area (Å²) in [5.74, 6) is -0.405. The van der Waals surface area contributed by atoms with Crippen molar-refractivity contribution in [2.75, 3.05) is 13.1 Å². The molecular weight excluding hydrogens is 446 g/mol. The molecule has 3 amide bonds. The van der Waals surface area contributed by atoms with Crippen LogP contribution in [-0.4, -0.2) is 52.6 Å². The van der Waals surface area contributed by atoms with Gasteiger partial charge in [-0.2, -0.15) is 0 Å². The maximum atomic E-state index is 13.8. The second kappa shape index (κ2) is 14.0. The maximum absolute atomic E-state index is 13.8. The number of phenols is 1. The third kappa shape index (κ3) is 10.2. The molecule has 0 saturated carbocycles. The molecule has 3 N–H and O–H groups in total. The van der Waals surface area contributed by atoms with Crippen LogP contribution in [0.1, 0.15) is 91.3 Å². The SMILES string of the molecule is CCCCCNC(=O)C(c1ccc(O)c(C)c1)N(CC)C(=O)C(CC(C)C)NC(=O)OC(C)(C)C. The molecule has 0 saturated heterocycles. The molecule has 0 fully saturated rings. The molecule has 2 atom stereocenters. The number of hydrogen-bond donors (Lipinski definition) is 3. The minimum atomic E-state index is -0.900. The number of carbonyl (C=O) groups excluding carboxylic acids is 3. The third-order valence-corrected chi connectivity index (χ3v) is 5.50. The van der Waals surface area contributed by atoms with Crippen molar-refractivity contribution in [3.05, 3.63) is 29.3 Å². The molecule has 0 aromatic heterocycles. The van der Waals surface area contributed by atoms with Crippen LogP contribution in [0.3, 0.4) is 0 Å². The molecule has 0 spiro atoms. The van der Waals surface area contributed by atoms with Gasteiger partial charge in [0.1, 0.15) is 23.4 Å². The van der Waals surface area contributed by atoms with E-state index in [4.69, 9.17) is 4.74 Å². The fraction of sp³-hybridized carbons (Fsp3) is 0.667. The fourth-order valence-corrected chi connectivity index (χ4v) is 3.81. The molecule has 1 rings (SSSR count). The lowest BCUT2D eigenvalue weighted by Gasteiger charge is -2.34. The minimum Gasteiger partial charge on any atom is -0.508 e. The first-order chi connectivity index (χ1) is 16.3. The summed E-state index contributed by atoms with van der Waals surface area (Å²) in [5.41, 5.74) is 0.509. The second-order valence-corrected chi connectivity index (χ2v) is 10.4. The van der Waals surface area contributed by atoms with Crippen LogP contribution in [0, 0.1) is 12.8 Å². The van der Waals surface area contributed by atoms with Gasteiger partial charge in [0.15, 0.2) is 0 Å². The molecule has 0 aliphatic heterocycles. The average Bonchev–Trinajstić information content (AvgIpc) is 2.74. The first-order valence-electron chi connectivity index (χ1n) is 12.7. The van der Waals surface area contributed by atoms with Crippen molar-refractivity contribution >= 4 is 17.9 Å². The summed E-state index contributed by atoms with van der Waals surface area (Å²) in [6, 6.07) is 3.17. The van der Waals surface area contributed by atoms with Crippen LogP contribution in [0.5, 0.6) is 5.75 Å². The van der Waals surface area contributed by atoms with Crippen molar-refractivity contribution in [2.24, 2.45) is 5.92 Å². The van der Waals surface area contributed by atoms with E-state index in [1.807, 2.05) is 20.8 Å². The topological polar surface area (TPSA) is 108 Å². The van der Waals surface area contributed by atoms with E-state index in [-0.39, 0.29) is 30.0 Å². The average molecular weight is 492 g/mol. The molecular formula is C27H45N3O5. The Morgan fingerprint density at radius 3 is 2.29 bits per heavy atom. The van der Waals surface area contributed by atoms with Gasteiger partial charge in [0.2, 0.25) is 11.8 Å². The Morgan fingerprint density at radius 2 is 1.77 bits per heavy atom. The Bertz CT molecular complexity index is 848. The number of unbranched alkanes of at least 4 members (excludes halogenated alkanes) is 2. The molecule has 0 bridgehead atoms. The van der Waals surface area contributed by atoms with Crippen molar-refractivity contribution in [2.45, 2.75) is 98.8 Å². The van der Waals surface area contributed by atoms with Gasteiger partial charge in [-0.3, -0.25) is 9.59 Å². The summed E-state index contributed by atoms with van der Waals surface area (Å²) in [6.07, 6.45) is 2.60. The maximum Gasteiger partial charge on any atom is 0.408 e. The standard InChI is InChI=1S/C27H45N3O5/c1-9-11-12-15-28-24(32)23(20-13-14-22(31)19(5)17-20)30(10-2)25(33)21(16-18(3)4)29-26(34)35-27(6,7)8/h13-14,17-18,21,23,31H,9-12,15-16H2,1-8H3,(H,28,32)(H,29,34). The lowest BCUT2D eigenvalue weighted by atomic mass is 9.98. The van der Waals surface area contributed by atoms with E-state index in [0.717, 1.165) is 19.3 Å². The lowest BCUT2D eigenvalue weighted by Crippen LogP contribution is -2.53. The van der Waals surface area contributed by atoms with Crippen LogP contribution in [0.4, 0.5) is 4.79 Å². The Kier molecular flexibility index (Phi) is 12.1. The highest BCUT2D eigenvalue weighted by Crippen LogP contribution is 2.27. The first-order valence-corrected chi connectivity index (χ1v) is 12.7. The number of ether oxygens (including phenoxy) is 1. The number of hydrogen-bond acceptors (Lipinski definition) is 5. The van der Waals surface area contributed by atoms with Crippen molar-refractivity contribution < 1.29 is 24.2 Å². The number of aromatic hydroxyl groups is 1. The molecule has 0 heterocycles. The highest BCUT2D eigenvalue weighted by atomic mass is 16.6. The number of likely N-dealkylation sites (N-methyl/N-ethyl adjacent to an activating group) is 1. The molecule has 0 aliphatic carbocycles. The highest BCUT2D eigenvalue weighted by molar-refractivity contribution is 5.92. The summed E-state index contributed by atoms with van der Waals surface area (Å²) in [7, 11) is 0. The lowest BCUT2D eigenvalue weighted by molar-refractivity contribution is -0.142. The van der Waals surface area contributed by atoms with Crippen LogP contribution in [0.15, 0.2) is 18.2 Å². The van der Waals surface area contributed by atoms with E-state index in [1.54, 1.807) is 39.8 Å². The summed E-state index contributed by atoms with van der Waals surface area (Å²) in [5, 5.41) is 15.7. The zero-order valence-corrected chi connectivity index (χ0v) is 22.7. The van der Waals surface area contributed by atoms with Crippen LogP contribution in [0.25, 0.3) is 0 Å². The monoisotopic (exact) mass is 491 g/mol. The van der Waals surface area contributed by atoms with Crippen molar-refractivity contribution in [3.8, 4) is 5.75 Å². The molecule has 198 valence electrons. The number of aryl methyl sites for hydroxylation is 1. The predicted molar refractivity (Wildman–Crippen MR) is 138 cm³/mol. The normalized spacial score (nSPS) is 13.2. The number of nitrogens with one attached hydrogen (secondary N) is 2. The number of amides is 3. The first kappa shape index (κ1) is 30.3. The van der Waals surface area contributed by atoms with Gasteiger partial charge in [0, 0.05) is 13.1 Å². The zero-order valence-electron chi connectivity index (χ0n) is 22.7. The Hall–Kier alpha value is -2.77. The van der Waals surface area contributed by atoms with Crippen LogP contribution in [-0.2, 0) is 14.3 Å². The highest BCUT2D eigenvalue weighted by Gasteiger charge is 2.35. The second-order valence-electron chi connectivity index (χ2n) is 10.4. The van der Waals surface area contributed by atoms with E-state index in [1.165, 1.54) is 11.0 Å². The summed E-state index contributed by atoms with van der Waals surface area (Å²) < 4.78 is 5.38. The van der Waals surface area contributed by atoms with Gasteiger partial charge in [0.25, 0.3) is 0 Å². The van der Waals surface area contributed by atoms with Gasteiger partial charge in [-0.1, -0.05) is 39.7 Å². The predicted octanol–water partition coefficient (Wildman–Crippen LogP) is 4.84. The quantitative estimate of drug-likeness (QED) is 0.363. The minimum absolute atomic E-state index is 0.120. The Balaban J connectivity index is 3.32. The van der Waals surface area contributed by atoms with Gasteiger partial charge >= 0.3 is 6.09 Å². The van der Waals surface area contributed by atoms with Gasteiger partial charge in [-0.05, 0) is 76.6 Å². The van der Waals surface area contributed by atoms with Crippen LogP contribution in [0.2, 0.25) is 0 Å². The van der Waals surface area contributed by atoms with E-state index in [0.29, 0.717) is 24.1 Å². The molecule has 8 heteroatoms. The Labute approximate surface area is 210 Å². The van der Waals surface area contributed by atoms with E-state index in [2.05, 4.69) is 17.6 Å². The van der Waals surface area contributed by atoms with E-state index in [9.17, 15) is 19.5 Å². The molecule has 1 aromatic carbocycles. The van der Waals surface area contributed by atoms with E-state index >= 15 is 0 Å². The fourth-order valence-electron chi connectivity index (χ4n) is 3.81. The summed E-state index contributed by atoms with van der Waals surface area (Å²) in [6.45, 7) is 15.6. The third-order valence-electron chi connectivity index (χ3n) is 5.50. The van der Waals surface area contributed by atoms with Crippen molar-refractivity contribution in [1.29, 1.82) is 0 Å². The summed E-state index contributed by atoms with van der Waals surface area (Å²) >= 11 is 0. The Morgan fingerprint density at radius 1 is 1.11 bits per heavy atom. The number of benzene rings is 1. The smallest absolute Gasteiger partial charge is 0.408 e. The largest absolute Gasteiger partial charge is 0.508 e. The molecule has 0 aliphatic rings. The van der Waals surface area contributed by atoms with Crippen LogP contribution < -0.4 is 10.6 Å². The van der Waals surface area contributed by atoms with Gasteiger partial charge < -0.3 is 25.4 Å². The van der Waals surface area contributed by atoms with Crippen LogP contribution >= 0.6 is 0 Å². The summed E-state index contributed by atoms with van der Waals surface area (Å²) in [4.78, 5) is 41.2. The van der Waals surface area contributed by atoms with E-state index < -0.39 is 23.8 Å². The van der Waals surface area contributed by atoms with Gasteiger partial charge in [-0.15, -0.1) is 0 Å².